The van der Waals surface area contributed by atoms with E-state index in [9.17, 15) is 9.59 Å². The van der Waals surface area contributed by atoms with E-state index < -0.39 is 5.91 Å². The molecule has 0 spiro atoms. The first-order valence-electron chi connectivity index (χ1n) is 4.79. The number of aldehydes is 1. The molecule has 0 fully saturated rings. The number of nitrogens with zero attached hydrogens (tertiary/aromatic N) is 1. The topological polar surface area (TPSA) is 46.5 Å². The molecule has 1 aliphatic heterocycles. The van der Waals surface area contributed by atoms with Crippen LogP contribution in [0.3, 0.4) is 0 Å². The molecule has 2 aliphatic rings. The first-order chi connectivity index (χ1) is 7.13. The Labute approximate surface area is 87.9 Å². The smallest absolute Gasteiger partial charge is 0.280 e. The van der Waals surface area contributed by atoms with E-state index in [4.69, 9.17) is 0 Å². The Bertz CT molecular complexity index is 464. The van der Waals surface area contributed by atoms with Crippen LogP contribution in [0.1, 0.15) is 13.8 Å². The first kappa shape index (κ1) is 9.77. The fourth-order valence-corrected chi connectivity index (χ4v) is 1.79. The zero-order valence-corrected chi connectivity index (χ0v) is 8.65. The van der Waals surface area contributed by atoms with Gasteiger partial charge in [-0.1, -0.05) is 23.8 Å². The first-order valence-corrected chi connectivity index (χ1v) is 4.79. The van der Waals surface area contributed by atoms with Gasteiger partial charge in [0.2, 0.25) is 0 Å². The Hall–Kier alpha value is -1.77. The van der Waals surface area contributed by atoms with Crippen molar-refractivity contribution in [1.82, 2.24) is 0 Å². The Morgan fingerprint density at radius 1 is 1.33 bits per heavy atom. The SMILES string of the molecule is CC1=CC=C(C)C2C=C(C=O)C(=O)N=C12. The average Bonchev–Trinajstić information content (AvgIpc) is 2.23. The van der Waals surface area contributed by atoms with Crippen LogP contribution < -0.4 is 0 Å². The molecule has 0 saturated heterocycles. The van der Waals surface area contributed by atoms with Crippen molar-refractivity contribution in [2.75, 3.05) is 0 Å². The van der Waals surface area contributed by atoms with E-state index in [0.29, 0.717) is 6.29 Å². The minimum absolute atomic E-state index is 0.00657. The maximum absolute atomic E-state index is 11.4. The standard InChI is InChI=1S/C12H11NO2/c1-7-3-4-8(2)11-10(7)5-9(6-14)12(15)13-11/h3-6,10H,1-2H3. The van der Waals surface area contributed by atoms with Crippen LogP contribution in [0, 0.1) is 5.92 Å². The zero-order chi connectivity index (χ0) is 11.0. The summed E-state index contributed by atoms with van der Waals surface area (Å²) in [6.07, 6.45) is 6.20. The van der Waals surface area contributed by atoms with Gasteiger partial charge in [-0.3, -0.25) is 9.59 Å². The van der Waals surface area contributed by atoms with Crippen LogP contribution in [0.15, 0.2) is 39.9 Å². The number of amides is 1. The van der Waals surface area contributed by atoms with Crippen LogP contribution in [0.25, 0.3) is 0 Å². The molecule has 0 saturated carbocycles. The van der Waals surface area contributed by atoms with Crippen LogP contribution in [0.4, 0.5) is 0 Å². The molecule has 0 aromatic carbocycles. The van der Waals surface area contributed by atoms with E-state index in [-0.39, 0.29) is 11.5 Å². The molecule has 1 atom stereocenters. The summed E-state index contributed by atoms with van der Waals surface area (Å²) < 4.78 is 0. The lowest BCUT2D eigenvalue weighted by Crippen LogP contribution is -2.25. The molecule has 0 bridgehead atoms. The summed E-state index contributed by atoms with van der Waals surface area (Å²) in [7, 11) is 0. The minimum Gasteiger partial charge on any atom is -0.298 e. The molecular formula is C12H11NO2. The van der Waals surface area contributed by atoms with Crippen molar-refractivity contribution in [2.24, 2.45) is 10.9 Å². The monoisotopic (exact) mass is 201 g/mol. The summed E-state index contributed by atoms with van der Waals surface area (Å²) in [5.41, 5.74) is 3.02. The van der Waals surface area contributed by atoms with Crippen molar-refractivity contribution in [3.63, 3.8) is 0 Å². The summed E-state index contributed by atoms with van der Waals surface area (Å²) >= 11 is 0. The van der Waals surface area contributed by atoms with Gasteiger partial charge in [0.1, 0.15) is 0 Å². The van der Waals surface area contributed by atoms with Crippen molar-refractivity contribution in [3.8, 4) is 0 Å². The average molecular weight is 201 g/mol. The summed E-state index contributed by atoms with van der Waals surface area (Å²) in [6, 6.07) is 0. The molecule has 1 aliphatic carbocycles. The van der Waals surface area contributed by atoms with Gasteiger partial charge >= 0.3 is 0 Å². The van der Waals surface area contributed by atoms with E-state index in [1.165, 1.54) is 0 Å². The molecule has 2 rings (SSSR count). The number of carbonyl (C=O) groups excluding carboxylic acids is 2. The number of dihydropyridines is 1. The normalized spacial score (nSPS) is 24.7. The minimum atomic E-state index is -0.432. The van der Waals surface area contributed by atoms with E-state index in [1.54, 1.807) is 6.08 Å². The maximum atomic E-state index is 11.4. The van der Waals surface area contributed by atoms with E-state index in [0.717, 1.165) is 16.9 Å². The summed E-state index contributed by atoms with van der Waals surface area (Å²) in [5, 5.41) is 0. The van der Waals surface area contributed by atoms with Crippen LogP contribution in [0.2, 0.25) is 0 Å². The highest BCUT2D eigenvalue weighted by molar-refractivity contribution is 6.21. The molecule has 1 unspecified atom stereocenters. The molecular weight excluding hydrogens is 190 g/mol. The lowest BCUT2D eigenvalue weighted by Gasteiger charge is -2.23. The van der Waals surface area contributed by atoms with Gasteiger partial charge in [-0.2, -0.15) is 0 Å². The van der Waals surface area contributed by atoms with Gasteiger partial charge in [0.25, 0.3) is 5.91 Å². The molecule has 15 heavy (non-hydrogen) atoms. The molecule has 1 amide bonds. The van der Waals surface area contributed by atoms with Crippen molar-refractivity contribution in [2.45, 2.75) is 13.8 Å². The van der Waals surface area contributed by atoms with Crippen molar-refractivity contribution >= 4 is 17.9 Å². The number of carbonyl (C=O) groups is 2. The lowest BCUT2D eigenvalue weighted by atomic mass is 9.83. The molecule has 3 nitrogen and oxygen atoms in total. The molecule has 0 N–H and O–H groups in total. The molecule has 0 aromatic heterocycles. The Kier molecular flexibility index (Phi) is 2.23. The fraction of sp³-hybridized carbons (Fsp3) is 0.250. The molecule has 3 heteroatoms. The van der Waals surface area contributed by atoms with Gasteiger partial charge in [0.15, 0.2) is 6.29 Å². The van der Waals surface area contributed by atoms with Crippen molar-refractivity contribution in [3.05, 3.63) is 34.9 Å². The largest absolute Gasteiger partial charge is 0.298 e. The molecule has 0 radical (unpaired) electrons. The highest BCUT2D eigenvalue weighted by Crippen LogP contribution is 2.28. The quantitative estimate of drug-likeness (QED) is 0.478. The Morgan fingerprint density at radius 3 is 2.73 bits per heavy atom. The third-order valence-corrected chi connectivity index (χ3v) is 2.73. The predicted molar refractivity (Wildman–Crippen MR) is 57.6 cm³/mol. The van der Waals surface area contributed by atoms with Gasteiger partial charge in [0.05, 0.1) is 11.3 Å². The number of fused-ring (bicyclic) bond motifs is 1. The third-order valence-electron chi connectivity index (χ3n) is 2.73. The summed E-state index contributed by atoms with van der Waals surface area (Å²) in [6.45, 7) is 3.89. The zero-order valence-electron chi connectivity index (χ0n) is 8.65. The maximum Gasteiger partial charge on any atom is 0.280 e. The molecule has 76 valence electrons. The predicted octanol–water partition coefficient (Wildman–Crippen LogP) is 1.62. The van der Waals surface area contributed by atoms with E-state index >= 15 is 0 Å². The van der Waals surface area contributed by atoms with E-state index in [1.807, 2.05) is 26.0 Å². The number of allylic oxidation sites excluding steroid dienone is 5. The molecule has 0 aromatic rings. The summed E-state index contributed by atoms with van der Waals surface area (Å²) in [5.74, 6) is -0.438. The van der Waals surface area contributed by atoms with Gasteiger partial charge in [-0.15, -0.1) is 0 Å². The molecule has 1 heterocycles. The highest BCUT2D eigenvalue weighted by atomic mass is 16.2. The van der Waals surface area contributed by atoms with Gasteiger partial charge in [0, 0.05) is 5.92 Å². The van der Waals surface area contributed by atoms with Crippen molar-refractivity contribution < 1.29 is 9.59 Å². The number of rotatable bonds is 1. The summed E-state index contributed by atoms with van der Waals surface area (Å²) in [4.78, 5) is 26.0. The van der Waals surface area contributed by atoms with Crippen molar-refractivity contribution in [1.29, 1.82) is 0 Å². The van der Waals surface area contributed by atoms with Gasteiger partial charge < -0.3 is 0 Å². The second-order valence-corrected chi connectivity index (χ2v) is 3.78. The Morgan fingerprint density at radius 2 is 2.07 bits per heavy atom. The number of aliphatic imine (C=N–C) groups is 1. The second kappa shape index (κ2) is 3.42. The van der Waals surface area contributed by atoms with Crippen LogP contribution in [0.5, 0.6) is 0 Å². The van der Waals surface area contributed by atoms with Crippen LogP contribution in [-0.2, 0) is 9.59 Å². The van der Waals surface area contributed by atoms with Crippen LogP contribution in [-0.4, -0.2) is 17.9 Å². The van der Waals surface area contributed by atoms with Gasteiger partial charge in [-0.25, -0.2) is 4.99 Å². The van der Waals surface area contributed by atoms with Gasteiger partial charge in [-0.05, 0) is 19.4 Å². The second-order valence-electron chi connectivity index (χ2n) is 3.78. The Balaban J connectivity index is 2.51. The number of hydrogen-bond acceptors (Lipinski definition) is 2. The third kappa shape index (κ3) is 1.50. The highest BCUT2D eigenvalue weighted by Gasteiger charge is 2.27. The van der Waals surface area contributed by atoms with E-state index in [2.05, 4.69) is 4.99 Å². The fourth-order valence-electron chi connectivity index (χ4n) is 1.79. The number of hydrogen-bond donors (Lipinski definition) is 0. The van der Waals surface area contributed by atoms with Crippen LogP contribution >= 0.6 is 0 Å². The lowest BCUT2D eigenvalue weighted by molar-refractivity contribution is -0.116.